The average molecular weight is 397 g/mol. The van der Waals surface area contributed by atoms with Gasteiger partial charge in [-0.2, -0.15) is 0 Å². The second-order valence-electron chi connectivity index (χ2n) is 4.36. The largest absolute Gasteiger partial charge is 0.323 e. The highest BCUT2D eigenvalue weighted by Crippen LogP contribution is 2.28. The van der Waals surface area contributed by atoms with E-state index in [0.717, 1.165) is 22.5 Å². The summed E-state index contributed by atoms with van der Waals surface area (Å²) < 4.78 is -0.464. The third kappa shape index (κ3) is 2.58. The molecule has 0 aromatic heterocycles. The Morgan fingerprint density at radius 3 is 2.65 bits per heavy atom. The number of alkyl halides is 1. The molecule has 0 spiro atoms. The predicted octanol–water partition coefficient (Wildman–Crippen LogP) is 3.89. The number of nitrogens with one attached hydrogen (secondary N) is 1. The van der Waals surface area contributed by atoms with Crippen LogP contribution >= 0.6 is 34.2 Å². The van der Waals surface area contributed by atoms with Crippen molar-refractivity contribution < 1.29 is 4.79 Å². The maximum absolute atomic E-state index is 12.0. The minimum Gasteiger partial charge on any atom is -0.323 e. The summed E-state index contributed by atoms with van der Waals surface area (Å²) in [5.41, 5.74) is 3.33. The van der Waals surface area contributed by atoms with Crippen LogP contribution in [0, 0.1) is 0 Å². The van der Waals surface area contributed by atoms with Gasteiger partial charge in [0.15, 0.2) is 4.05 Å². The number of halogens is 2. The molecule has 0 fully saturated rings. The molecule has 2 aromatic rings. The molecular formula is C15H10ClIN2O. The molecule has 0 aliphatic carbocycles. The molecule has 5 heteroatoms. The van der Waals surface area contributed by atoms with E-state index in [1.54, 1.807) is 6.07 Å². The summed E-state index contributed by atoms with van der Waals surface area (Å²) in [6.45, 7) is 0. The highest BCUT2D eigenvalue weighted by Gasteiger charge is 2.23. The summed E-state index contributed by atoms with van der Waals surface area (Å²) in [4.78, 5) is 16.5. The Balaban J connectivity index is 2.23. The number of benzodiazepines with no additional fused rings is 1. The third-order valence-corrected chi connectivity index (χ3v) is 4.08. The third-order valence-electron chi connectivity index (χ3n) is 3.00. The van der Waals surface area contributed by atoms with Gasteiger partial charge in [0, 0.05) is 16.1 Å². The second kappa shape index (κ2) is 5.54. The fourth-order valence-corrected chi connectivity index (χ4v) is 2.69. The van der Waals surface area contributed by atoms with Crippen molar-refractivity contribution in [1.29, 1.82) is 0 Å². The molecule has 20 heavy (non-hydrogen) atoms. The summed E-state index contributed by atoms with van der Waals surface area (Å²) >= 11 is 8.11. The van der Waals surface area contributed by atoms with Gasteiger partial charge in [-0.3, -0.25) is 9.79 Å². The standard InChI is InChI=1S/C15H10ClIN2O/c16-10-6-7-12-11(8-10)13(9-4-2-1-3-5-9)19-14(17)15(20)18-12/h1-8,14H,(H,18,20). The maximum Gasteiger partial charge on any atom is 0.259 e. The number of amides is 1. The number of fused-ring (bicyclic) bond motifs is 1. The Kier molecular flexibility index (Phi) is 3.76. The molecule has 0 bridgehead atoms. The normalized spacial score (nSPS) is 17.8. The summed E-state index contributed by atoms with van der Waals surface area (Å²) in [6.07, 6.45) is 0. The molecule has 2 aromatic carbocycles. The molecule has 1 atom stereocenters. The van der Waals surface area contributed by atoms with E-state index in [1.807, 2.05) is 65.1 Å². The number of anilines is 1. The number of nitrogens with zero attached hydrogens (tertiary/aromatic N) is 1. The lowest BCUT2D eigenvalue weighted by atomic mass is 10.0. The smallest absolute Gasteiger partial charge is 0.259 e. The van der Waals surface area contributed by atoms with Gasteiger partial charge in [-0.15, -0.1) is 0 Å². The molecule has 3 rings (SSSR count). The van der Waals surface area contributed by atoms with Crippen LogP contribution in [0.3, 0.4) is 0 Å². The Morgan fingerprint density at radius 1 is 1.15 bits per heavy atom. The van der Waals surface area contributed by atoms with Crippen molar-refractivity contribution >= 4 is 51.5 Å². The molecule has 1 aliphatic heterocycles. The quantitative estimate of drug-likeness (QED) is 0.443. The number of hydrogen-bond donors (Lipinski definition) is 1. The first-order valence-corrected chi connectivity index (χ1v) is 7.65. The Bertz CT molecular complexity index is 700. The van der Waals surface area contributed by atoms with Crippen LogP contribution in [0.1, 0.15) is 11.1 Å². The van der Waals surface area contributed by atoms with Crippen LogP contribution in [0.15, 0.2) is 53.5 Å². The molecule has 3 nitrogen and oxygen atoms in total. The van der Waals surface area contributed by atoms with Gasteiger partial charge in [-0.25, -0.2) is 0 Å². The number of carbonyl (C=O) groups is 1. The highest BCUT2D eigenvalue weighted by molar-refractivity contribution is 14.1. The topological polar surface area (TPSA) is 41.5 Å². The van der Waals surface area contributed by atoms with Gasteiger partial charge in [0.1, 0.15) is 0 Å². The van der Waals surface area contributed by atoms with E-state index >= 15 is 0 Å². The van der Waals surface area contributed by atoms with Crippen molar-refractivity contribution in [3.8, 4) is 0 Å². The molecule has 0 saturated carbocycles. The summed E-state index contributed by atoms with van der Waals surface area (Å²) in [5, 5.41) is 3.50. The number of rotatable bonds is 1. The number of aliphatic imine (C=N–C) groups is 1. The minimum atomic E-state index is -0.464. The predicted molar refractivity (Wildman–Crippen MR) is 90.0 cm³/mol. The van der Waals surface area contributed by atoms with E-state index in [2.05, 4.69) is 10.3 Å². The van der Waals surface area contributed by atoms with Crippen molar-refractivity contribution in [3.05, 3.63) is 64.7 Å². The summed E-state index contributed by atoms with van der Waals surface area (Å²) in [7, 11) is 0. The van der Waals surface area contributed by atoms with Gasteiger partial charge in [-0.1, -0.05) is 41.9 Å². The van der Waals surface area contributed by atoms with Gasteiger partial charge in [0.2, 0.25) is 0 Å². The van der Waals surface area contributed by atoms with Gasteiger partial charge in [0.05, 0.1) is 11.4 Å². The average Bonchev–Trinajstić information content (AvgIpc) is 2.58. The lowest BCUT2D eigenvalue weighted by molar-refractivity contribution is -0.115. The van der Waals surface area contributed by atoms with Gasteiger partial charge in [0.25, 0.3) is 5.91 Å². The molecule has 0 saturated heterocycles. The zero-order chi connectivity index (χ0) is 14.1. The maximum atomic E-state index is 12.0. The molecule has 1 amide bonds. The fraction of sp³-hybridized carbons (Fsp3) is 0.0667. The first-order chi connectivity index (χ1) is 9.65. The van der Waals surface area contributed by atoms with Crippen LogP contribution in [0.4, 0.5) is 5.69 Å². The summed E-state index contributed by atoms with van der Waals surface area (Å²) in [6, 6.07) is 15.2. The number of carbonyl (C=O) groups excluding carboxylic acids is 1. The van der Waals surface area contributed by atoms with E-state index in [9.17, 15) is 4.79 Å². The van der Waals surface area contributed by atoms with Crippen LogP contribution in [0.25, 0.3) is 0 Å². The van der Waals surface area contributed by atoms with Gasteiger partial charge < -0.3 is 5.32 Å². The lowest BCUT2D eigenvalue weighted by Crippen LogP contribution is -2.19. The van der Waals surface area contributed by atoms with E-state index in [4.69, 9.17) is 11.6 Å². The van der Waals surface area contributed by atoms with Gasteiger partial charge in [-0.05, 0) is 40.8 Å². The van der Waals surface area contributed by atoms with Crippen molar-refractivity contribution in [3.63, 3.8) is 0 Å². The van der Waals surface area contributed by atoms with Crippen LogP contribution in [-0.2, 0) is 4.79 Å². The van der Waals surface area contributed by atoms with Crippen LogP contribution in [-0.4, -0.2) is 15.7 Å². The molecule has 100 valence electrons. The summed E-state index contributed by atoms with van der Waals surface area (Å²) in [5.74, 6) is -0.125. The van der Waals surface area contributed by atoms with E-state index in [-0.39, 0.29) is 5.91 Å². The second-order valence-corrected chi connectivity index (χ2v) is 5.98. The van der Waals surface area contributed by atoms with Crippen molar-refractivity contribution in [2.45, 2.75) is 4.05 Å². The van der Waals surface area contributed by atoms with Crippen molar-refractivity contribution in [2.75, 3.05) is 5.32 Å². The zero-order valence-electron chi connectivity index (χ0n) is 10.3. The van der Waals surface area contributed by atoms with E-state index in [0.29, 0.717) is 5.02 Å². The molecule has 1 N–H and O–H groups in total. The minimum absolute atomic E-state index is 0.125. The molecule has 0 radical (unpaired) electrons. The molecule has 1 aliphatic rings. The van der Waals surface area contributed by atoms with E-state index in [1.165, 1.54) is 0 Å². The number of benzene rings is 2. The van der Waals surface area contributed by atoms with E-state index < -0.39 is 4.05 Å². The van der Waals surface area contributed by atoms with Gasteiger partial charge >= 0.3 is 0 Å². The van der Waals surface area contributed by atoms with Crippen molar-refractivity contribution in [1.82, 2.24) is 0 Å². The monoisotopic (exact) mass is 396 g/mol. The van der Waals surface area contributed by atoms with Crippen LogP contribution in [0.5, 0.6) is 0 Å². The number of hydrogen-bond acceptors (Lipinski definition) is 2. The zero-order valence-corrected chi connectivity index (χ0v) is 13.2. The molecule has 1 unspecified atom stereocenters. The van der Waals surface area contributed by atoms with Crippen LogP contribution < -0.4 is 5.32 Å². The Hall–Kier alpha value is -1.40. The SMILES string of the molecule is O=C1Nc2ccc(Cl)cc2C(c2ccccc2)=NC1I. The Morgan fingerprint density at radius 2 is 1.90 bits per heavy atom. The molecule has 1 heterocycles. The molecular weight excluding hydrogens is 387 g/mol. The first-order valence-electron chi connectivity index (χ1n) is 6.03. The lowest BCUT2D eigenvalue weighted by Gasteiger charge is -2.10. The van der Waals surface area contributed by atoms with Crippen LogP contribution in [0.2, 0.25) is 5.02 Å². The first kappa shape index (κ1) is 13.6. The van der Waals surface area contributed by atoms with Crippen molar-refractivity contribution in [2.24, 2.45) is 4.99 Å². The fourth-order valence-electron chi connectivity index (χ4n) is 2.08. The highest BCUT2D eigenvalue weighted by atomic mass is 127. The Labute approximate surface area is 135 Å².